The van der Waals surface area contributed by atoms with Gasteiger partial charge in [-0.15, -0.1) is 0 Å². The molecule has 1 N–H and O–H groups in total. The second-order valence-corrected chi connectivity index (χ2v) is 7.38. The number of aliphatic hydroxyl groups is 1. The fraction of sp³-hybridized carbons (Fsp3) is 0.278. The Bertz CT molecular complexity index is 660. The van der Waals surface area contributed by atoms with Crippen LogP contribution in [0.4, 0.5) is 4.39 Å². The zero-order valence-corrected chi connectivity index (χ0v) is 14.5. The van der Waals surface area contributed by atoms with E-state index in [1.807, 2.05) is 0 Å². The number of alkyl halides is 1. The standard InChI is InChI=1S/C18H20FO5P/c19-18(17(21)11-12-20)25(22,23-13-15-7-3-1-4-8-15)24-14-16-9-5-2-6-10-16/h1-10,18,20H,11-14H2. The number of aliphatic hydroxyl groups excluding tert-OH is 1. The molecule has 0 heterocycles. The van der Waals surface area contributed by atoms with Crippen LogP contribution in [0, 0.1) is 0 Å². The molecule has 0 saturated carbocycles. The van der Waals surface area contributed by atoms with Crippen LogP contribution < -0.4 is 0 Å². The van der Waals surface area contributed by atoms with Crippen molar-refractivity contribution in [1.82, 2.24) is 0 Å². The van der Waals surface area contributed by atoms with Crippen LogP contribution in [0.2, 0.25) is 0 Å². The van der Waals surface area contributed by atoms with Gasteiger partial charge in [0.2, 0.25) is 0 Å². The number of carbonyl (C=O) groups is 1. The molecule has 1 unspecified atom stereocenters. The van der Waals surface area contributed by atoms with Crippen molar-refractivity contribution in [2.75, 3.05) is 6.61 Å². The van der Waals surface area contributed by atoms with E-state index in [9.17, 15) is 13.8 Å². The Labute approximate surface area is 145 Å². The van der Waals surface area contributed by atoms with E-state index in [0.29, 0.717) is 11.1 Å². The molecule has 0 aliphatic rings. The number of ketones is 1. The van der Waals surface area contributed by atoms with Gasteiger partial charge in [0.1, 0.15) is 0 Å². The smallest absolute Gasteiger partial charge is 0.372 e. The number of halogens is 1. The molecular weight excluding hydrogens is 346 g/mol. The maximum Gasteiger partial charge on any atom is 0.372 e. The maximum atomic E-state index is 14.5. The zero-order valence-electron chi connectivity index (χ0n) is 13.6. The highest BCUT2D eigenvalue weighted by Crippen LogP contribution is 2.55. The van der Waals surface area contributed by atoms with Gasteiger partial charge in [-0.1, -0.05) is 60.7 Å². The molecule has 0 saturated heterocycles. The van der Waals surface area contributed by atoms with Crippen molar-refractivity contribution in [2.24, 2.45) is 0 Å². The third-order valence-electron chi connectivity index (χ3n) is 3.41. The summed E-state index contributed by atoms with van der Waals surface area (Å²) in [4.78, 5) is 11.7. The predicted octanol–water partition coefficient (Wildman–Crippen LogP) is 3.86. The lowest BCUT2D eigenvalue weighted by Gasteiger charge is -2.21. The molecule has 2 aromatic carbocycles. The lowest BCUT2D eigenvalue weighted by atomic mass is 10.2. The highest BCUT2D eigenvalue weighted by Gasteiger charge is 2.41. The third kappa shape index (κ3) is 5.87. The monoisotopic (exact) mass is 366 g/mol. The van der Waals surface area contributed by atoms with Gasteiger partial charge < -0.3 is 14.2 Å². The van der Waals surface area contributed by atoms with Crippen molar-refractivity contribution < 1.29 is 27.9 Å². The molecule has 0 fully saturated rings. The van der Waals surface area contributed by atoms with Crippen LogP contribution in [0.1, 0.15) is 17.5 Å². The molecule has 7 heteroatoms. The summed E-state index contributed by atoms with van der Waals surface area (Å²) in [5, 5.41) is 8.81. The average molecular weight is 366 g/mol. The van der Waals surface area contributed by atoms with E-state index in [0.717, 1.165) is 0 Å². The molecule has 0 bridgehead atoms. The molecule has 25 heavy (non-hydrogen) atoms. The van der Waals surface area contributed by atoms with Crippen LogP contribution in [-0.4, -0.2) is 23.4 Å². The topological polar surface area (TPSA) is 72.8 Å². The fourth-order valence-electron chi connectivity index (χ4n) is 2.05. The van der Waals surface area contributed by atoms with E-state index >= 15 is 0 Å². The number of hydrogen-bond acceptors (Lipinski definition) is 5. The molecule has 134 valence electrons. The van der Waals surface area contributed by atoms with Gasteiger partial charge in [-0.3, -0.25) is 9.36 Å². The molecule has 2 rings (SSSR count). The Balaban J connectivity index is 2.11. The van der Waals surface area contributed by atoms with Crippen molar-refractivity contribution in [3.8, 4) is 0 Å². The number of carbonyl (C=O) groups excluding carboxylic acids is 1. The minimum absolute atomic E-state index is 0.153. The molecule has 1 atom stereocenters. The normalized spacial score (nSPS) is 12.7. The Hall–Kier alpha value is -1.85. The first-order valence-corrected chi connectivity index (χ1v) is 9.40. The second-order valence-electron chi connectivity index (χ2n) is 5.33. The predicted molar refractivity (Wildman–Crippen MR) is 91.7 cm³/mol. The Morgan fingerprint density at radius 3 is 1.80 bits per heavy atom. The largest absolute Gasteiger partial charge is 0.396 e. The molecule has 0 spiro atoms. The molecule has 0 aliphatic heterocycles. The first kappa shape index (κ1) is 19.5. The second kappa shape index (κ2) is 9.59. The SMILES string of the molecule is O=C(CCO)C(F)P(=O)(OCc1ccccc1)OCc1ccccc1. The summed E-state index contributed by atoms with van der Waals surface area (Å²) in [5.41, 5.74) is 1.35. The van der Waals surface area contributed by atoms with E-state index in [-0.39, 0.29) is 13.2 Å². The first-order valence-electron chi connectivity index (χ1n) is 7.79. The highest BCUT2D eigenvalue weighted by atomic mass is 31.2. The maximum absolute atomic E-state index is 14.5. The third-order valence-corrected chi connectivity index (χ3v) is 5.23. The summed E-state index contributed by atoms with van der Waals surface area (Å²) in [7, 11) is -4.35. The molecule has 5 nitrogen and oxygen atoms in total. The van der Waals surface area contributed by atoms with Gasteiger partial charge in [0.25, 0.3) is 5.91 Å². The highest BCUT2D eigenvalue weighted by molar-refractivity contribution is 7.55. The van der Waals surface area contributed by atoms with E-state index < -0.39 is 32.3 Å². The summed E-state index contributed by atoms with van der Waals surface area (Å²) < 4.78 is 37.8. The Kier molecular flexibility index (Phi) is 7.47. The van der Waals surface area contributed by atoms with Crippen molar-refractivity contribution in [3.63, 3.8) is 0 Å². The molecule has 0 aliphatic carbocycles. The molecular formula is C18H20FO5P. The Morgan fingerprint density at radius 1 is 0.960 bits per heavy atom. The van der Waals surface area contributed by atoms with Crippen LogP contribution in [0.25, 0.3) is 0 Å². The molecule has 0 aromatic heterocycles. The van der Waals surface area contributed by atoms with Crippen LogP contribution in [0.15, 0.2) is 60.7 Å². The van der Waals surface area contributed by atoms with Gasteiger partial charge in [0.15, 0.2) is 5.78 Å². The summed E-state index contributed by atoms with van der Waals surface area (Å²) in [5.74, 6) is -3.45. The van der Waals surface area contributed by atoms with Gasteiger partial charge in [0, 0.05) is 6.42 Å². The molecule has 0 radical (unpaired) electrons. The summed E-state index contributed by atoms with van der Waals surface area (Å²) in [6, 6.07) is 17.6. The summed E-state index contributed by atoms with van der Waals surface area (Å²) in [6.45, 7) is -0.837. The van der Waals surface area contributed by atoms with Gasteiger partial charge in [-0.2, -0.15) is 0 Å². The minimum atomic E-state index is -4.35. The van der Waals surface area contributed by atoms with Gasteiger partial charge >= 0.3 is 7.60 Å². The summed E-state index contributed by atoms with van der Waals surface area (Å²) >= 11 is 0. The Morgan fingerprint density at radius 2 is 1.40 bits per heavy atom. The molecule has 2 aromatic rings. The van der Waals surface area contributed by atoms with Crippen LogP contribution in [-0.2, 0) is 31.6 Å². The fourth-order valence-corrected chi connectivity index (χ4v) is 3.53. The van der Waals surface area contributed by atoms with E-state index in [1.165, 1.54) is 0 Å². The van der Waals surface area contributed by atoms with Crippen molar-refractivity contribution in [3.05, 3.63) is 71.8 Å². The minimum Gasteiger partial charge on any atom is -0.396 e. The van der Waals surface area contributed by atoms with Crippen LogP contribution >= 0.6 is 7.60 Å². The lowest BCUT2D eigenvalue weighted by Crippen LogP contribution is -2.20. The lowest BCUT2D eigenvalue weighted by molar-refractivity contribution is -0.122. The van der Waals surface area contributed by atoms with Crippen molar-refractivity contribution in [1.29, 1.82) is 0 Å². The van der Waals surface area contributed by atoms with Crippen LogP contribution in [0.5, 0.6) is 0 Å². The number of benzene rings is 2. The summed E-state index contributed by atoms with van der Waals surface area (Å²) in [6.07, 6.45) is -0.450. The number of rotatable bonds is 10. The van der Waals surface area contributed by atoms with Gasteiger partial charge in [-0.05, 0) is 11.1 Å². The van der Waals surface area contributed by atoms with E-state index in [2.05, 4.69) is 0 Å². The van der Waals surface area contributed by atoms with Crippen LogP contribution in [0.3, 0.4) is 0 Å². The van der Waals surface area contributed by atoms with E-state index in [1.54, 1.807) is 60.7 Å². The van der Waals surface area contributed by atoms with Crippen molar-refractivity contribution in [2.45, 2.75) is 25.5 Å². The first-order chi connectivity index (χ1) is 12.0. The molecule has 0 amide bonds. The average Bonchev–Trinajstić information content (AvgIpc) is 2.66. The van der Waals surface area contributed by atoms with Gasteiger partial charge in [0.05, 0.1) is 19.8 Å². The van der Waals surface area contributed by atoms with Crippen molar-refractivity contribution >= 4 is 13.4 Å². The zero-order chi connectivity index (χ0) is 18.1. The van der Waals surface area contributed by atoms with Gasteiger partial charge in [-0.25, -0.2) is 4.39 Å². The number of hydrogen-bond donors (Lipinski definition) is 1. The number of Topliss-reactive ketones (excluding diaryl/α,β-unsaturated/α-hetero) is 1. The van der Waals surface area contributed by atoms with E-state index in [4.69, 9.17) is 14.2 Å². The quantitative estimate of drug-likeness (QED) is 0.647.